The van der Waals surface area contributed by atoms with Gasteiger partial charge in [0.15, 0.2) is 6.10 Å². The number of hydrogen-bond donors (Lipinski definition) is 2. The molecule has 0 saturated heterocycles. The molecule has 0 radical (unpaired) electrons. The molecule has 0 bridgehead atoms. The summed E-state index contributed by atoms with van der Waals surface area (Å²) in [4.78, 5) is 11.7. The molecule has 0 aromatic heterocycles. The highest BCUT2D eigenvalue weighted by molar-refractivity contribution is 5.80. The fraction of sp³-hybridized carbons (Fsp3) is 0.400. The number of amides is 1. The first-order valence-corrected chi connectivity index (χ1v) is 6.19. The van der Waals surface area contributed by atoms with Gasteiger partial charge in [-0.05, 0) is 26.8 Å². The summed E-state index contributed by atoms with van der Waals surface area (Å²) in [5, 5.41) is 2.58. The van der Waals surface area contributed by atoms with Crippen molar-refractivity contribution in [3.05, 3.63) is 29.3 Å². The van der Waals surface area contributed by atoms with Crippen molar-refractivity contribution >= 4 is 5.91 Å². The molecule has 1 aromatic rings. The largest absolute Gasteiger partial charge is 0.481 e. The number of carbonyl (C=O) groups excluding carboxylic acids is 1. The lowest BCUT2D eigenvalue weighted by Gasteiger charge is -2.18. The molecule has 102 valence electrons. The Bertz CT molecular complexity index is 489. The predicted molar refractivity (Wildman–Crippen MR) is 75.7 cm³/mol. The van der Waals surface area contributed by atoms with Crippen LogP contribution in [0.1, 0.15) is 31.0 Å². The number of nitrogens with two attached hydrogens (primary N) is 1. The Hall–Kier alpha value is -1.99. The van der Waals surface area contributed by atoms with E-state index in [0.29, 0.717) is 5.75 Å². The summed E-state index contributed by atoms with van der Waals surface area (Å²) in [6.07, 6.45) is 4.47. The Labute approximate surface area is 114 Å². The molecule has 0 aliphatic carbocycles. The first-order valence-electron chi connectivity index (χ1n) is 6.19. The minimum absolute atomic E-state index is 0.157. The maximum Gasteiger partial charge on any atom is 0.261 e. The van der Waals surface area contributed by atoms with Gasteiger partial charge in [-0.2, -0.15) is 0 Å². The van der Waals surface area contributed by atoms with Crippen LogP contribution in [0, 0.1) is 19.3 Å². The first kappa shape index (κ1) is 15.1. The van der Waals surface area contributed by atoms with E-state index in [1.807, 2.05) is 32.0 Å². The van der Waals surface area contributed by atoms with Crippen molar-refractivity contribution in [1.29, 1.82) is 0 Å². The average molecular weight is 260 g/mol. The first-order chi connectivity index (χ1) is 8.95. The van der Waals surface area contributed by atoms with E-state index >= 15 is 0 Å². The summed E-state index contributed by atoms with van der Waals surface area (Å²) in [5.41, 5.74) is 7.90. The topological polar surface area (TPSA) is 64.3 Å². The third kappa shape index (κ3) is 4.31. The molecule has 1 rings (SSSR count). The van der Waals surface area contributed by atoms with Crippen molar-refractivity contribution in [2.24, 2.45) is 5.73 Å². The Morgan fingerprint density at radius 3 is 2.79 bits per heavy atom. The SMILES string of the molecule is C#CCNC(=O)C(C)Oc1ccc(C)cc1[C@H](C)N. The number of rotatable bonds is 5. The standard InChI is InChI=1S/C15H20N2O2/c1-5-8-17-15(18)12(4)19-14-7-6-10(2)9-13(14)11(3)16/h1,6-7,9,11-12H,8,16H2,2-4H3,(H,17,18)/t11-,12?/m0/s1. The number of terminal acetylenes is 1. The number of carbonyl (C=O) groups is 1. The smallest absolute Gasteiger partial charge is 0.261 e. The molecule has 0 spiro atoms. The summed E-state index contributed by atoms with van der Waals surface area (Å²) < 4.78 is 5.66. The number of hydrogen-bond acceptors (Lipinski definition) is 3. The summed E-state index contributed by atoms with van der Waals surface area (Å²) in [5.74, 6) is 2.73. The second-order valence-corrected chi connectivity index (χ2v) is 4.51. The average Bonchev–Trinajstić information content (AvgIpc) is 2.37. The molecule has 3 N–H and O–H groups in total. The number of benzene rings is 1. The van der Waals surface area contributed by atoms with Crippen LogP contribution in [0.5, 0.6) is 5.75 Å². The molecule has 1 unspecified atom stereocenters. The monoisotopic (exact) mass is 260 g/mol. The summed E-state index contributed by atoms with van der Waals surface area (Å²) in [7, 11) is 0. The quantitative estimate of drug-likeness (QED) is 0.789. The molecule has 4 heteroatoms. The Morgan fingerprint density at radius 2 is 2.21 bits per heavy atom. The van der Waals surface area contributed by atoms with Crippen LogP contribution < -0.4 is 15.8 Å². The van der Waals surface area contributed by atoms with E-state index in [0.717, 1.165) is 11.1 Å². The number of ether oxygens (including phenoxy) is 1. The van der Waals surface area contributed by atoms with Crippen LogP contribution in [0.2, 0.25) is 0 Å². The van der Waals surface area contributed by atoms with Gasteiger partial charge < -0.3 is 15.8 Å². The molecular formula is C15H20N2O2. The van der Waals surface area contributed by atoms with Crippen molar-refractivity contribution in [3.8, 4) is 18.1 Å². The van der Waals surface area contributed by atoms with Gasteiger partial charge in [-0.1, -0.05) is 23.6 Å². The summed E-state index contributed by atoms with van der Waals surface area (Å²) >= 11 is 0. The van der Waals surface area contributed by atoms with E-state index < -0.39 is 6.10 Å². The zero-order valence-electron chi connectivity index (χ0n) is 11.6. The molecule has 2 atom stereocenters. The van der Waals surface area contributed by atoms with Crippen LogP contribution in [0.3, 0.4) is 0 Å². The number of aryl methyl sites for hydroxylation is 1. The lowest BCUT2D eigenvalue weighted by molar-refractivity contribution is -0.127. The second-order valence-electron chi connectivity index (χ2n) is 4.51. The van der Waals surface area contributed by atoms with E-state index in [1.165, 1.54) is 0 Å². The highest BCUT2D eigenvalue weighted by atomic mass is 16.5. The van der Waals surface area contributed by atoms with Crippen molar-refractivity contribution in [1.82, 2.24) is 5.32 Å². The van der Waals surface area contributed by atoms with Crippen LogP contribution in [0.25, 0.3) is 0 Å². The van der Waals surface area contributed by atoms with Crippen molar-refractivity contribution in [3.63, 3.8) is 0 Å². The van der Waals surface area contributed by atoms with Gasteiger partial charge in [-0.15, -0.1) is 6.42 Å². The molecule has 0 aliphatic rings. The highest BCUT2D eigenvalue weighted by Gasteiger charge is 2.16. The van der Waals surface area contributed by atoms with Crippen LogP contribution in [-0.2, 0) is 4.79 Å². The third-order valence-electron chi connectivity index (χ3n) is 2.69. The van der Waals surface area contributed by atoms with Gasteiger partial charge in [-0.3, -0.25) is 4.79 Å². The zero-order chi connectivity index (χ0) is 14.4. The lowest BCUT2D eigenvalue weighted by Crippen LogP contribution is -2.36. The molecule has 1 aromatic carbocycles. The molecule has 19 heavy (non-hydrogen) atoms. The maximum absolute atomic E-state index is 11.7. The highest BCUT2D eigenvalue weighted by Crippen LogP contribution is 2.25. The van der Waals surface area contributed by atoms with Gasteiger partial charge in [0.1, 0.15) is 5.75 Å². The Balaban J connectivity index is 2.82. The Morgan fingerprint density at radius 1 is 1.53 bits per heavy atom. The van der Waals surface area contributed by atoms with Gasteiger partial charge in [0.25, 0.3) is 5.91 Å². The van der Waals surface area contributed by atoms with E-state index in [4.69, 9.17) is 16.9 Å². The van der Waals surface area contributed by atoms with Crippen LogP contribution >= 0.6 is 0 Å². The van der Waals surface area contributed by atoms with Crippen LogP contribution in [0.15, 0.2) is 18.2 Å². The van der Waals surface area contributed by atoms with E-state index in [-0.39, 0.29) is 18.5 Å². The van der Waals surface area contributed by atoms with Gasteiger partial charge >= 0.3 is 0 Å². The molecule has 0 fully saturated rings. The van der Waals surface area contributed by atoms with E-state index in [2.05, 4.69) is 11.2 Å². The van der Waals surface area contributed by atoms with E-state index in [1.54, 1.807) is 6.92 Å². The molecular weight excluding hydrogens is 240 g/mol. The summed E-state index contributed by atoms with van der Waals surface area (Å²) in [6.45, 7) is 5.74. The predicted octanol–water partition coefficient (Wildman–Crippen LogP) is 1.53. The zero-order valence-corrected chi connectivity index (χ0v) is 11.6. The maximum atomic E-state index is 11.7. The molecule has 0 heterocycles. The minimum Gasteiger partial charge on any atom is -0.481 e. The minimum atomic E-state index is -0.617. The van der Waals surface area contributed by atoms with Crippen LogP contribution in [-0.4, -0.2) is 18.6 Å². The summed E-state index contributed by atoms with van der Waals surface area (Å²) in [6, 6.07) is 5.56. The molecule has 4 nitrogen and oxygen atoms in total. The fourth-order valence-electron chi connectivity index (χ4n) is 1.66. The molecule has 0 aliphatic heterocycles. The van der Waals surface area contributed by atoms with Crippen molar-refractivity contribution in [2.45, 2.75) is 32.9 Å². The lowest BCUT2D eigenvalue weighted by atomic mass is 10.1. The van der Waals surface area contributed by atoms with Gasteiger partial charge in [0, 0.05) is 11.6 Å². The van der Waals surface area contributed by atoms with Crippen molar-refractivity contribution in [2.75, 3.05) is 6.54 Å². The molecule has 0 saturated carbocycles. The van der Waals surface area contributed by atoms with Crippen molar-refractivity contribution < 1.29 is 9.53 Å². The Kier molecular flexibility index (Phi) is 5.40. The fourth-order valence-corrected chi connectivity index (χ4v) is 1.66. The van der Waals surface area contributed by atoms with Gasteiger partial charge in [0.2, 0.25) is 0 Å². The van der Waals surface area contributed by atoms with Gasteiger partial charge in [-0.25, -0.2) is 0 Å². The van der Waals surface area contributed by atoms with E-state index in [9.17, 15) is 4.79 Å². The van der Waals surface area contributed by atoms with Crippen LogP contribution in [0.4, 0.5) is 0 Å². The third-order valence-corrected chi connectivity index (χ3v) is 2.69. The normalized spacial score (nSPS) is 13.2. The number of nitrogens with one attached hydrogen (secondary N) is 1. The molecule has 1 amide bonds. The second kappa shape index (κ2) is 6.81. The van der Waals surface area contributed by atoms with Gasteiger partial charge in [0.05, 0.1) is 6.54 Å².